The first-order chi connectivity index (χ1) is 21.7. The van der Waals surface area contributed by atoms with Gasteiger partial charge in [0.05, 0.1) is 17.7 Å². The molecule has 0 aromatic heterocycles. The summed E-state index contributed by atoms with van der Waals surface area (Å²) in [6.07, 6.45) is -4.78. The molecule has 3 aromatic carbocycles. The zero-order valence-corrected chi connectivity index (χ0v) is 25.1. The van der Waals surface area contributed by atoms with Crippen LogP contribution in [0.25, 0.3) is 11.1 Å². The molecule has 0 fully saturated rings. The number of likely N-dealkylation sites (N-methyl/N-ethyl adjacent to an activating group) is 1. The van der Waals surface area contributed by atoms with E-state index in [1.165, 1.54) is 18.3 Å². The smallest absolute Gasteiger partial charge is 0.454 e. The van der Waals surface area contributed by atoms with E-state index >= 15 is 0 Å². The highest BCUT2D eigenvalue weighted by atomic mass is 19.4. The van der Waals surface area contributed by atoms with Gasteiger partial charge in [-0.15, -0.1) is 0 Å². The number of nitrogens with zero attached hydrogens (tertiary/aromatic N) is 2. The van der Waals surface area contributed by atoms with Crippen molar-refractivity contribution in [1.29, 1.82) is 0 Å². The standard InChI is InChI=1S/C32H29F3N2O4.C2H3F3/c1-2-36(20-27(22-38)23-9-5-3-6-10-23)17-18-41-31(40)26-13-14-29-25(19-26)15-16-37(29)21-28(30(39)32(33,34)35)24-11-7-4-8-12-24;1-2(3,4)5/h3-14,19-22H,2,15-18H2,1H3;1H3/b27-20+,28-21-;. The van der Waals surface area contributed by atoms with Crippen LogP contribution in [0.5, 0.6) is 0 Å². The van der Waals surface area contributed by atoms with Crippen LogP contribution < -0.4 is 4.90 Å². The number of carbonyl (C=O) groups is 3. The molecular formula is C34H32F6N2O4. The number of Topliss-reactive ketones (excluding diaryl/α,β-unsaturated/α-hetero) is 1. The van der Waals surface area contributed by atoms with E-state index in [0.717, 1.165) is 17.4 Å². The number of halogens is 6. The molecule has 244 valence electrons. The first-order valence-electron chi connectivity index (χ1n) is 14.2. The van der Waals surface area contributed by atoms with Gasteiger partial charge in [0.1, 0.15) is 6.61 Å². The predicted molar refractivity (Wildman–Crippen MR) is 163 cm³/mol. The van der Waals surface area contributed by atoms with E-state index in [4.69, 9.17) is 4.74 Å². The Morgan fingerprint density at radius 1 is 0.891 bits per heavy atom. The molecule has 4 rings (SSSR count). The molecule has 0 unspecified atom stereocenters. The van der Waals surface area contributed by atoms with Crippen molar-refractivity contribution in [2.45, 2.75) is 32.6 Å². The largest absolute Gasteiger partial charge is 0.460 e. The van der Waals surface area contributed by atoms with Gasteiger partial charge < -0.3 is 14.5 Å². The number of aldehydes is 1. The zero-order chi connectivity index (χ0) is 33.9. The summed E-state index contributed by atoms with van der Waals surface area (Å²) >= 11 is 0. The molecule has 1 aliphatic rings. The lowest BCUT2D eigenvalue weighted by Crippen LogP contribution is -2.26. The van der Waals surface area contributed by atoms with Crippen molar-refractivity contribution < 1.29 is 45.5 Å². The average molecular weight is 647 g/mol. The number of alkyl halides is 6. The number of ether oxygens (including phenoxy) is 1. The van der Waals surface area contributed by atoms with Crippen molar-refractivity contribution >= 4 is 34.9 Å². The highest BCUT2D eigenvalue weighted by molar-refractivity contribution is 6.23. The molecule has 46 heavy (non-hydrogen) atoms. The second-order valence-electron chi connectivity index (χ2n) is 10.1. The summed E-state index contributed by atoms with van der Waals surface area (Å²) in [5.41, 5.74) is 2.73. The van der Waals surface area contributed by atoms with Gasteiger partial charge in [0.2, 0.25) is 0 Å². The van der Waals surface area contributed by atoms with Crippen LogP contribution in [-0.4, -0.2) is 61.5 Å². The Hall–Kier alpha value is -4.87. The number of fused-ring (bicyclic) bond motifs is 1. The highest BCUT2D eigenvalue weighted by Gasteiger charge is 2.41. The van der Waals surface area contributed by atoms with Gasteiger partial charge in [0.15, 0.2) is 6.29 Å². The molecule has 0 radical (unpaired) electrons. The van der Waals surface area contributed by atoms with Crippen LogP contribution in [0.1, 0.15) is 40.9 Å². The minimum atomic E-state index is -5.02. The Bertz CT molecular complexity index is 1550. The first-order valence-corrected chi connectivity index (χ1v) is 14.2. The Labute approximate surface area is 262 Å². The normalized spacial score (nSPS) is 13.3. The third-order valence-corrected chi connectivity index (χ3v) is 6.69. The van der Waals surface area contributed by atoms with Gasteiger partial charge in [0, 0.05) is 43.7 Å². The van der Waals surface area contributed by atoms with Crippen LogP contribution >= 0.6 is 0 Å². The topological polar surface area (TPSA) is 66.9 Å². The monoisotopic (exact) mass is 646 g/mol. The third-order valence-electron chi connectivity index (χ3n) is 6.69. The number of esters is 1. The maximum Gasteiger partial charge on any atom is 0.454 e. The summed E-state index contributed by atoms with van der Waals surface area (Å²) in [6, 6.07) is 21.8. The van der Waals surface area contributed by atoms with Gasteiger partial charge in [-0.25, -0.2) is 4.79 Å². The van der Waals surface area contributed by atoms with Crippen molar-refractivity contribution in [2.75, 3.05) is 31.1 Å². The van der Waals surface area contributed by atoms with Crippen molar-refractivity contribution in [1.82, 2.24) is 4.90 Å². The summed E-state index contributed by atoms with van der Waals surface area (Å²) in [7, 11) is 0. The lowest BCUT2D eigenvalue weighted by Gasteiger charge is -2.19. The van der Waals surface area contributed by atoms with Crippen LogP contribution in [0, 0.1) is 0 Å². The molecule has 0 N–H and O–H groups in total. The zero-order valence-electron chi connectivity index (χ0n) is 25.1. The Morgan fingerprint density at radius 3 is 2.02 bits per heavy atom. The minimum Gasteiger partial charge on any atom is -0.460 e. The summed E-state index contributed by atoms with van der Waals surface area (Å²) in [4.78, 5) is 40.0. The molecular weight excluding hydrogens is 614 g/mol. The molecule has 0 saturated heterocycles. The summed E-state index contributed by atoms with van der Waals surface area (Å²) in [5, 5.41) is 0. The summed E-state index contributed by atoms with van der Waals surface area (Å²) in [5.74, 6) is -2.45. The number of hydrogen-bond acceptors (Lipinski definition) is 6. The fraction of sp³-hybridized carbons (Fsp3) is 0.265. The number of allylic oxidation sites excluding steroid dienone is 2. The molecule has 3 aromatic rings. The molecule has 0 saturated carbocycles. The fourth-order valence-corrected chi connectivity index (χ4v) is 4.53. The number of anilines is 1. The van der Waals surface area contributed by atoms with Gasteiger partial charge >= 0.3 is 18.3 Å². The molecule has 12 heteroatoms. The second kappa shape index (κ2) is 15.9. The SMILES string of the molecule is CC(F)(F)F.CCN(/C=C(\C=O)c1ccccc1)CCOC(=O)c1ccc2c(c1)CCN2/C=C(\C(=O)C(F)(F)F)c1ccccc1. The number of carbonyl (C=O) groups excluding carboxylic acids is 3. The molecule has 0 aliphatic carbocycles. The van der Waals surface area contributed by atoms with E-state index in [1.54, 1.807) is 47.5 Å². The van der Waals surface area contributed by atoms with E-state index in [-0.39, 0.29) is 19.1 Å². The van der Waals surface area contributed by atoms with Crippen molar-refractivity contribution in [3.63, 3.8) is 0 Å². The van der Waals surface area contributed by atoms with Gasteiger partial charge in [0.25, 0.3) is 5.78 Å². The average Bonchev–Trinajstić information content (AvgIpc) is 3.42. The maximum absolute atomic E-state index is 13.3. The maximum atomic E-state index is 13.3. The number of benzene rings is 3. The van der Waals surface area contributed by atoms with Crippen LogP contribution in [0.4, 0.5) is 32.0 Å². The first kappa shape index (κ1) is 35.6. The van der Waals surface area contributed by atoms with Crippen molar-refractivity contribution in [3.8, 4) is 0 Å². The highest BCUT2D eigenvalue weighted by Crippen LogP contribution is 2.33. The Kier molecular flexibility index (Phi) is 12.3. The molecule has 0 atom stereocenters. The Balaban J connectivity index is 0.00000107. The molecule has 0 spiro atoms. The second-order valence-corrected chi connectivity index (χ2v) is 10.1. The van der Waals surface area contributed by atoms with Gasteiger partial charge in [-0.2, -0.15) is 26.3 Å². The lowest BCUT2D eigenvalue weighted by atomic mass is 10.0. The van der Waals surface area contributed by atoms with Crippen LogP contribution in [0.15, 0.2) is 91.3 Å². The lowest BCUT2D eigenvalue weighted by molar-refractivity contribution is -0.164. The van der Waals surface area contributed by atoms with E-state index in [2.05, 4.69) is 0 Å². The van der Waals surface area contributed by atoms with E-state index in [1.807, 2.05) is 42.2 Å². The third kappa shape index (κ3) is 10.6. The van der Waals surface area contributed by atoms with Gasteiger partial charge in [-0.3, -0.25) is 9.59 Å². The Morgan fingerprint density at radius 2 is 1.48 bits per heavy atom. The minimum absolute atomic E-state index is 0.0933. The molecule has 6 nitrogen and oxygen atoms in total. The van der Waals surface area contributed by atoms with Crippen LogP contribution in [0.3, 0.4) is 0 Å². The van der Waals surface area contributed by atoms with Crippen molar-refractivity contribution in [3.05, 3.63) is 114 Å². The van der Waals surface area contributed by atoms with E-state index < -0.39 is 29.7 Å². The van der Waals surface area contributed by atoms with Crippen LogP contribution in [0.2, 0.25) is 0 Å². The number of rotatable bonds is 11. The molecule has 1 heterocycles. The predicted octanol–water partition coefficient (Wildman–Crippen LogP) is 7.51. The molecule has 0 amide bonds. The van der Waals surface area contributed by atoms with Gasteiger partial charge in [-0.05, 0) is 48.2 Å². The number of ketones is 1. The molecule has 0 bridgehead atoms. The summed E-state index contributed by atoms with van der Waals surface area (Å²) < 4.78 is 76.6. The fourth-order valence-electron chi connectivity index (χ4n) is 4.53. The van der Waals surface area contributed by atoms with Crippen LogP contribution in [-0.2, 0) is 20.7 Å². The molecule has 1 aliphatic heterocycles. The van der Waals surface area contributed by atoms with E-state index in [9.17, 15) is 40.7 Å². The van der Waals surface area contributed by atoms with Gasteiger partial charge in [-0.1, -0.05) is 60.7 Å². The van der Waals surface area contributed by atoms with E-state index in [0.29, 0.717) is 42.9 Å². The summed E-state index contributed by atoms with van der Waals surface area (Å²) in [6.45, 7) is 3.55. The quantitative estimate of drug-likeness (QED) is 0.0930. The van der Waals surface area contributed by atoms with Crippen molar-refractivity contribution in [2.24, 2.45) is 0 Å². The number of hydrogen-bond donors (Lipinski definition) is 0.